The summed E-state index contributed by atoms with van der Waals surface area (Å²) in [7, 11) is 0. The number of hydrogen-bond acceptors (Lipinski definition) is 4. The van der Waals surface area contributed by atoms with Gasteiger partial charge in [-0.2, -0.15) is 0 Å². The number of anilines is 1. The lowest BCUT2D eigenvalue weighted by Crippen LogP contribution is -2.11. The van der Waals surface area contributed by atoms with Crippen molar-refractivity contribution in [2.75, 3.05) is 5.73 Å². The molecule has 0 aromatic carbocycles. The Morgan fingerprint density at radius 3 is 2.60 bits per heavy atom. The Hall–Kier alpha value is -1.65. The predicted octanol–water partition coefficient (Wildman–Crippen LogP) is 1.41. The first kappa shape index (κ1) is 11.4. The molecule has 82 valence electrons. The zero-order valence-corrected chi connectivity index (χ0v) is 8.95. The van der Waals surface area contributed by atoms with Crippen LogP contribution in [0, 0.1) is 6.92 Å². The van der Waals surface area contributed by atoms with Gasteiger partial charge in [-0.1, -0.05) is 13.3 Å². The van der Waals surface area contributed by atoms with Gasteiger partial charge in [0.05, 0.1) is 5.69 Å². The number of hydrogen-bond donors (Lipinski definition) is 2. The highest BCUT2D eigenvalue weighted by molar-refractivity contribution is 5.93. The normalized spacial score (nSPS) is 10.3. The van der Waals surface area contributed by atoms with Gasteiger partial charge in [-0.25, -0.2) is 14.8 Å². The van der Waals surface area contributed by atoms with Crippen molar-refractivity contribution in [1.29, 1.82) is 0 Å². The van der Waals surface area contributed by atoms with E-state index in [2.05, 4.69) is 16.9 Å². The number of rotatable bonds is 4. The van der Waals surface area contributed by atoms with E-state index in [-0.39, 0.29) is 11.4 Å². The quantitative estimate of drug-likeness (QED) is 0.782. The minimum atomic E-state index is -1.08. The number of nitrogen functional groups attached to an aromatic ring is 1. The van der Waals surface area contributed by atoms with Crippen LogP contribution in [-0.2, 0) is 6.42 Å². The molecule has 3 N–H and O–H groups in total. The third-order valence-electron chi connectivity index (χ3n) is 2.13. The number of nitrogens with zero attached hydrogens (tertiary/aromatic N) is 2. The van der Waals surface area contributed by atoms with E-state index in [1.807, 2.05) is 0 Å². The number of carbonyl (C=O) groups is 1. The van der Waals surface area contributed by atoms with E-state index in [0.29, 0.717) is 11.5 Å². The number of carboxylic acid groups (broad SMARTS) is 1. The molecule has 0 saturated heterocycles. The molecule has 0 bridgehead atoms. The molecule has 0 aliphatic heterocycles. The Bertz CT molecular complexity index is 354. The Morgan fingerprint density at radius 2 is 2.13 bits per heavy atom. The molecule has 1 aromatic heterocycles. The summed E-state index contributed by atoms with van der Waals surface area (Å²) in [5.74, 6) is -0.398. The third kappa shape index (κ3) is 2.65. The van der Waals surface area contributed by atoms with Crippen molar-refractivity contribution in [2.45, 2.75) is 33.1 Å². The number of aryl methyl sites for hydroxylation is 2. The molecule has 0 saturated carbocycles. The summed E-state index contributed by atoms with van der Waals surface area (Å²) in [4.78, 5) is 18.9. The summed E-state index contributed by atoms with van der Waals surface area (Å²) < 4.78 is 0. The second kappa shape index (κ2) is 4.72. The van der Waals surface area contributed by atoms with Crippen molar-refractivity contribution < 1.29 is 9.90 Å². The fourth-order valence-corrected chi connectivity index (χ4v) is 1.37. The van der Waals surface area contributed by atoms with E-state index >= 15 is 0 Å². The molecule has 0 amide bonds. The molecular weight excluding hydrogens is 194 g/mol. The van der Waals surface area contributed by atoms with Crippen molar-refractivity contribution >= 4 is 11.8 Å². The molecular formula is C10H15N3O2. The number of carboxylic acids is 1. The van der Waals surface area contributed by atoms with Crippen LogP contribution in [0.2, 0.25) is 0 Å². The largest absolute Gasteiger partial charge is 0.477 e. The molecule has 0 aliphatic rings. The Morgan fingerprint density at radius 1 is 1.47 bits per heavy atom. The lowest BCUT2D eigenvalue weighted by molar-refractivity contribution is 0.0696. The zero-order chi connectivity index (χ0) is 11.4. The lowest BCUT2D eigenvalue weighted by Gasteiger charge is -2.06. The summed E-state index contributed by atoms with van der Waals surface area (Å²) >= 11 is 0. The van der Waals surface area contributed by atoms with E-state index in [9.17, 15) is 4.79 Å². The molecule has 0 radical (unpaired) electrons. The van der Waals surface area contributed by atoms with Gasteiger partial charge >= 0.3 is 5.97 Å². The van der Waals surface area contributed by atoms with Crippen LogP contribution in [0.5, 0.6) is 0 Å². The van der Waals surface area contributed by atoms with Gasteiger partial charge in [0.25, 0.3) is 0 Å². The maximum atomic E-state index is 10.8. The van der Waals surface area contributed by atoms with E-state index in [0.717, 1.165) is 19.3 Å². The summed E-state index contributed by atoms with van der Waals surface area (Å²) in [6.07, 6.45) is 2.76. The summed E-state index contributed by atoms with van der Waals surface area (Å²) in [5.41, 5.74) is 6.00. The number of unbranched alkanes of at least 4 members (excludes halogenated alkanes) is 1. The van der Waals surface area contributed by atoms with Crippen LogP contribution in [0.15, 0.2) is 0 Å². The average molecular weight is 209 g/mol. The molecule has 1 aromatic rings. The Balaban J connectivity index is 3.03. The van der Waals surface area contributed by atoms with Gasteiger partial charge in [-0.05, 0) is 13.3 Å². The number of aromatic carboxylic acids is 1. The Kier molecular flexibility index (Phi) is 3.60. The predicted molar refractivity (Wildman–Crippen MR) is 56.8 cm³/mol. The van der Waals surface area contributed by atoms with Crippen LogP contribution >= 0.6 is 0 Å². The van der Waals surface area contributed by atoms with E-state index in [1.165, 1.54) is 0 Å². The molecule has 0 fully saturated rings. The number of aromatic nitrogens is 2. The van der Waals surface area contributed by atoms with Gasteiger partial charge in [-0.3, -0.25) is 0 Å². The fourth-order valence-electron chi connectivity index (χ4n) is 1.37. The maximum absolute atomic E-state index is 10.8. The maximum Gasteiger partial charge on any atom is 0.341 e. The summed E-state index contributed by atoms with van der Waals surface area (Å²) in [6, 6.07) is 0. The van der Waals surface area contributed by atoms with E-state index in [4.69, 9.17) is 10.8 Å². The van der Waals surface area contributed by atoms with Gasteiger partial charge in [0, 0.05) is 6.42 Å². The van der Waals surface area contributed by atoms with Crippen molar-refractivity contribution in [1.82, 2.24) is 9.97 Å². The van der Waals surface area contributed by atoms with E-state index < -0.39 is 5.97 Å². The van der Waals surface area contributed by atoms with Gasteiger partial charge in [0.1, 0.15) is 17.2 Å². The molecule has 1 rings (SSSR count). The zero-order valence-electron chi connectivity index (χ0n) is 8.95. The van der Waals surface area contributed by atoms with Crippen LogP contribution in [0.25, 0.3) is 0 Å². The van der Waals surface area contributed by atoms with Crippen LogP contribution in [0.1, 0.15) is 41.6 Å². The highest BCUT2D eigenvalue weighted by Gasteiger charge is 2.15. The van der Waals surface area contributed by atoms with Crippen LogP contribution < -0.4 is 5.73 Å². The number of nitrogens with two attached hydrogens (primary N) is 1. The van der Waals surface area contributed by atoms with Gasteiger partial charge in [0.15, 0.2) is 0 Å². The first-order chi connectivity index (χ1) is 7.06. The Labute approximate surface area is 88.4 Å². The van der Waals surface area contributed by atoms with Gasteiger partial charge in [0.2, 0.25) is 0 Å². The molecule has 15 heavy (non-hydrogen) atoms. The van der Waals surface area contributed by atoms with Crippen LogP contribution in [0.3, 0.4) is 0 Å². The SMILES string of the molecule is CCCCc1nc(C)c(C(=O)O)c(N)n1. The smallest absolute Gasteiger partial charge is 0.341 e. The summed E-state index contributed by atoms with van der Waals surface area (Å²) in [6.45, 7) is 3.71. The fraction of sp³-hybridized carbons (Fsp3) is 0.500. The third-order valence-corrected chi connectivity index (χ3v) is 2.13. The minimum Gasteiger partial charge on any atom is -0.477 e. The van der Waals surface area contributed by atoms with Gasteiger partial charge in [-0.15, -0.1) is 0 Å². The first-order valence-electron chi connectivity index (χ1n) is 4.92. The average Bonchev–Trinajstić information content (AvgIpc) is 2.12. The van der Waals surface area contributed by atoms with Crippen LogP contribution in [0.4, 0.5) is 5.82 Å². The van der Waals surface area contributed by atoms with E-state index in [1.54, 1.807) is 6.92 Å². The molecule has 1 heterocycles. The van der Waals surface area contributed by atoms with Crippen molar-refractivity contribution in [2.24, 2.45) is 0 Å². The molecule has 0 atom stereocenters. The summed E-state index contributed by atoms with van der Waals surface area (Å²) in [5, 5.41) is 8.85. The van der Waals surface area contributed by atoms with Crippen molar-refractivity contribution in [3.63, 3.8) is 0 Å². The highest BCUT2D eigenvalue weighted by Crippen LogP contribution is 2.13. The molecule has 0 spiro atoms. The molecule has 5 nitrogen and oxygen atoms in total. The molecule has 5 heteroatoms. The molecule has 0 unspecified atom stereocenters. The minimum absolute atomic E-state index is 0.00949. The van der Waals surface area contributed by atoms with Crippen molar-refractivity contribution in [3.05, 3.63) is 17.1 Å². The lowest BCUT2D eigenvalue weighted by atomic mass is 10.2. The standard InChI is InChI=1S/C10H15N3O2/c1-3-4-5-7-12-6(2)8(10(14)15)9(11)13-7/h3-5H2,1-2H3,(H,14,15)(H2,11,12,13). The highest BCUT2D eigenvalue weighted by atomic mass is 16.4. The second-order valence-corrected chi connectivity index (χ2v) is 3.39. The topological polar surface area (TPSA) is 89.1 Å². The second-order valence-electron chi connectivity index (χ2n) is 3.39. The van der Waals surface area contributed by atoms with Crippen molar-refractivity contribution in [3.8, 4) is 0 Å². The van der Waals surface area contributed by atoms with Crippen LogP contribution in [-0.4, -0.2) is 21.0 Å². The van der Waals surface area contributed by atoms with Gasteiger partial charge < -0.3 is 10.8 Å². The monoisotopic (exact) mass is 209 g/mol. The first-order valence-corrected chi connectivity index (χ1v) is 4.92. The molecule has 0 aliphatic carbocycles.